The number of nitrogens with zero attached hydrogens (tertiary/aromatic N) is 1. The van der Waals surface area contributed by atoms with Gasteiger partial charge in [-0.3, -0.25) is 9.69 Å². The van der Waals surface area contributed by atoms with Gasteiger partial charge in [-0.1, -0.05) is 6.08 Å². The summed E-state index contributed by atoms with van der Waals surface area (Å²) in [5, 5.41) is 6.40. The third-order valence-electron chi connectivity index (χ3n) is 3.33. The fourth-order valence-corrected chi connectivity index (χ4v) is 2.36. The Kier molecular flexibility index (Phi) is 6.52. The van der Waals surface area contributed by atoms with Crippen molar-refractivity contribution in [2.75, 3.05) is 32.7 Å². The van der Waals surface area contributed by atoms with Crippen LogP contribution in [0.4, 0.5) is 0 Å². The van der Waals surface area contributed by atoms with E-state index in [1.165, 1.54) is 12.8 Å². The van der Waals surface area contributed by atoms with E-state index in [4.69, 9.17) is 0 Å². The van der Waals surface area contributed by atoms with Crippen LogP contribution in [0.15, 0.2) is 12.7 Å². The number of carbonyl (C=O) groups is 1. The van der Waals surface area contributed by atoms with Crippen LogP contribution in [0.5, 0.6) is 0 Å². The van der Waals surface area contributed by atoms with E-state index in [-0.39, 0.29) is 11.4 Å². The molecule has 1 aliphatic rings. The molecule has 1 heterocycles. The first-order valence-electron chi connectivity index (χ1n) is 7.25. The first-order valence-corrected chi connectivity index (χ1v) is 7.25. The maximum absolute atomic E-state index is 11.7. The van der Waals surface area contributed by atoms with Gasteiger partial charge in [-0.2, -0.15) is 0 Å². The Morgan fingerprint density at radius 3 is 2.84 bits per heavy atom. The maximum atomic E-state index is 11.7. The van der Waals surface area contributed by atoms with Gasteiger partial charge in [0, 0.05) is 18.6 Å². The number of hydrogen-bond donors (Lipinski definition) is 2. The van der Waals surface area contributed by atoms with Gasteiger partial charge in [0.2, 0.25) is 5.91 Å². The van der Waals surface area contributed by atoms with E-state index in [9.17, 15) is 4.79 Å². The molecule has 4 heteroatoms. The zero-order chi connectivity index (χ0) is 14.3. The lowest BCUT2D eigenvalue weighted by atomic mass is 9.96. The van der Waals surface area contributed by atoms with E-state index in [2.05, 4.69) is 42.9 Å². The molecule has 1 fully saturated rings. The molecule has 1 amide bonds. The van der Waals surface area contributed by atoms with Crippen LogP contribution in [0.2, 0.25) is 0 Å². The van der Waals surface area contributed by atoms with Crippen LogP contribution in [-0.4, -0.2) is 49.1 Å². The highest BCUT2D eigenvalue weighted by Crippen LogP contribution is 2.16. The van der Waals surface area contributed by atoms with E-state index in [1.54, 1.807) is 6.08 Å². The van der Waals surface area contributed by atoms with Crippen LogP contribution in [-0.2, 0) is 4.79 Å². The molecule has 4 nitrogen and oxygen atoms in total. The van der Waals surface area contributed by atoms with E-state index in [0.717, 1.165) is 19.6 Å². The van der Waals surface area contributed by atoms with Crippen LogP contribution in [0.3, 0.4) is 0 Å². The average molecular weight is 267 g/mol. The second kappa shape index (κ2) is 7.65. The number of likely N-dealkylation sites (tertiary alicyclic amines) is 1. The highest BCUT2D eigenvalue weighted by molar-refractivity contribution is 5.78. The largest absolute Gasteiger partial charge is 0.352 e. The maximum Gasteiger partial charge on any atom is 0.234 e. The lowest BCUT2D eigenvalue weighted by molar-refractivity contribution is -0.122. The number of piperidine rings is 1. The van der Waals surface area contributed by atoms with E-state index >= 15 is 0 Å². The summed E-state index contributed by atoms with van der Waals surface area (Å²) < 4.78 is 0. The monoisotopic (exact) mass is 267 g/mol. The smallest absolute Gasteiger partial charge is 0.234 e. The van der Waals surface area contributed by atoms with Gasteiger partial charge < -0.3 is 10.6 Å². The van der Waals surface area contributed by atoms with Crippen molar-refractivity contribution in [3.63, 3.8) is 0 Å². The Morgan fingerprint density at radius 1 is 1.47 bits per heavy atom. The molecule has 1 atom stereocenters. The van der Waals surface area contributed by atoms with Gasteiger partial charge in [0.15, 0.2) is 0 Å². The third-order valence-corrected chi connectivity index (χ3v) is 3.33. The Labute approximate surface area is 117 Å². The Hall–Kier alpha value is -0.870. The minimum absolute atomic E-state index is 0.101. The van der Waals surface area contributed by atoms with E-state index < -0.39 is 0 Å². The summed E-state index contributed by atoms with van der Waals surface area (Å²) in [5.74, 6) is 0.754. The van der Waals surface area contributed by atoms with Gasteiger partial charge in [0.1, 0.15) is 0 Å². The molecule has 1 saturated heterocycles. The quantitative estimate of drug-likeness (QED) is 0.715. The minimum Gasteiger partial charge on any atom is -0.352 e. The van der Waals surface area contributed by atoms with Crippen molar-refractivity contribution >= 4 is 5.91 Å². The molecule has 110 valence electrons. The first kappa shape index (κ1) is 16.2. The molecule has 1 unspecified atom stereocenters. The van der Waals surface area contributed by atoms with Crippen molar-refractivity contribution in [2.45, 2.75) is 39.2 Å². The van der Waals surface area contributed by atoms with Gasteiger partial charge in [-0.25, -0.2) is 0 Å². The zero-order valence-corrected chi connectivity index (χ0v) is 12.7. The van der Waals surface area contributed by atoms with Gasteiger partial charge in [0.05, 0.1) is 6.54 Å². The van der Waals surface area contributed by atoms with Gasteiger partial charge in [0.25, 0.3) is 0 Å². The number of nitrogens with one attached hydrogen (secondary N) is 2. The van der Waals surface area contributed by atoms with E-state index in [0.29, 0.717) is 19.0 Å². The number of amides is 1. The zero-order valence-electron chi connectivity index (χ0n) is 12.7. The molecule has 0 spiro atoms. The molecule has 0 aromatic rings. The molecule has 19 heavy (non-hydrogen) atoms. The molecule has 0 aliphatic carbocycles. The molecule has 0 aromatic heterocycles. The first-order chi connectivity index (χ1) is 8.90. The highest BCUT2D eigenvalue weighted by Gasteiger charge is 2.22. The molecular weight excluding hydrogens is 238 g/mol. The molecule has 0 bridgehead atoms. The molecule has 1 rings (SSSR count). The molecular formula is C15H29N3O. The molecule has 0 aromatic carbocycles. The fourth-order valence-electron chi connectivity index (χ4n) is 2.36. The predicted molar refractivity (Wildman–Crippen MR) is 80.1 cm³/mol. The summed E-state index contributed by atoms with van der Waals surface area (Å²) in [6, 6.07) is 0. The van der Waals surface area contributed by atoms with E-state index in [1.807, 2.05) is 0 Å². The Morgan fingerprint density at radius 2 is 2.21 bits per heavy atom. The molecule has 2 N–H and O–H groups in total. The normalized spacial score (nSPS) is 21.1. The van der Waals surface area contributed by atoms with Gasteiger partial charge in [-0.15, -0.1) is 6.58 Å². The topological polar surface area (TPSA) is 44.4 Å². The van der Waals surface area contributed by atoms with Crippen molar-refractivity contribution in [2.24, 2.45) is 5.92 Å². The number of carbonyl (C=O) groups excluding carboxylic acids is 1. The summed E-state index contributed by atoms with van der Waals surface area (Å²) in [7, 11) is 0. The Bertz CT molecular complexity index is 296. The lowest BCUT2D eigenvalue weighted by Crippen LogP contribution is -2.47. The molecule has 0 saturated carbocycles. The summed E-state index contributed by atoms with van der Waals surface area (Å²) in [5.41, 5.74) is 0.170. The third kappa shape index (κ3) is 7.33. The SMILES string of the molecule is C=CCNC(=O)CN1CCCC(CNC(C)(C)C)C1. The minimum atomic E-state index is 0.101. The summed E-state index contributed by atoms with van der Waals surface area (Å²) in [6.07, 6.45) is 4.16. The van der Waals surface area contributed by atoms with Crippen LogP contribution in [0, 0.1) is 5.92 Å². The standard InChI is InChI=1S/C15H29N3O/c1-5-8-16-14(19)12-18-9-6-7-13(11-18)10-17-15(2,3)4/h5,13,17H,1,6-12H2,2-4H3,(H,16,19). The van der Waals surface area contributed by atoms with Gasteiger partial charge in [-0.05, 0) is 52.6 Å². The van der Waals surface area contributed by atoms with Crippen molar-refractivity contribution in [1.29, 1.82) is 0 Å². The Balaban J connectivity index is 2.29. The second-order valence-electron chi connectivity index (χ2n) is 6.47. The lowest BCUT2D eigenvalue weighted by Gasteiger charge is -2.34. The van der Waals surface area contributed by atoms with Crippen LogP contribution >= 0.6 is 0 Å². The van der Waals surface area contributed by atoms with Crippen LogP contribution < -0.4 is 10.6 Å². The average Bonchev–Trinajstić information content (AvgIpc) is 2.33. The van der Waals surface area contributed by atoms with Crippen molar-refractivity contribution in [3.05, 3.63) is 12.7 Å². The number of hydrogen-bond acceptors (Lipinski definition) is 3. The molecule has 0 radical (unpaired) electrons. The second-order valence-corrected chi connectivity index (χ2v) is 6.47. The number of rotatable bonds is 6. The van der Waals surface area contributed by atoms with Crippen LogP contribution in [0.25, 0.3) is 0 Å². The van der Waals surface area contributed by atoms with Crippen LogP contribution in [0.1, 0.15) is 33.6 Å². The van der Waals surface area contributed by atoms with Crippen molar-refractivity contribution < 1.29 is 4.79 Å². The predicted octanol–water partition coefficient (Wildman–Crippen LogP) is 1.39. The molecule has 1 aliphatic heterocycles. The summed E-state index contributed by atoms with van der Waals surface area (Å²) in [6.45, 7) is 14.3. The highest BCUT2D eigenvalue weighted by atomic mass is 16.2. The summed E-state index contributed by atoms with van der Waals surface area (Å²) in [4.78, 5) is 13.9. The summed E-state index contributed by atoms with van der Waals surface area (Å²) >= 11 is 0. The fraction of sp³-hybridized carbons (Fsp3) is 0.800. The van der Waals surface area contributed by atoms with Crippen molar-refractivity contribution in [1.82, 2.24) is 15.5 Å². The van der Waals surface area contributed by atoms with Gasteiger partial charge >= 0.3 is 0 Å². The van der Waals surface area contributed by atoms with Crippen molar-refractivity contribution in [3.8, 4) is 0 Å².